The van der Waals surface area contributed by atoms with Crippen LogP contribution in [-0.4, -0.2) is 117 Å². The van der Waals surface area contributed by atoms with Gasteiger partial charge in [0, 0.05) is 13.2 Å². The molecule has 0 amide bonds. The van der Waals surface area contributed by atoms with Gasteiger partial charge in [-0.3, -0.25) is 4.57 Å². The average Bonchev–Trinajstić information content (AvgIpc) is 3.69. The zero-order valence-electron chi connectivity index (χ0n) is 27.3. The van der Waals surface area contributed by atoms with E-state index in [0.29, 0.717) is 6.61 Å². The van der Waals surface area contributed by atoms with Gasteiger partial charge in [0.15, 0.2) is 35.3 Å². The molecule has 6 aliphatic heterocycles. The maximum absolute atomic E-state index is 15.4. The predicted molar refractivity (Wildman–Crippen MR) is 151 cm³/mol. The molecule has 0 aromatic heterocycles. The molecule has 6 rings (SSSR count). The average molecular weight is 653 g/mol. The van der Waals surface area contributed by atoms with Crippen molar-refractivity contribution in [2.24, 2.45) is 0 Å². The fourth-order valence-corrected chi connectivity index (χ4v) is 9.59. The molecule has 1 unspecified atom stereocenters. The Morgan fingerprint density at radius 3 is 1.61 bits per heavy atom. The van der Waals surface area contributed by atoms with E-state index >= 15 is 4.57 Å². The van der Waals surface area contributed by atoms with E-state index in [9.17, 15) is 0 Å². The summed E-state index contributed by atoms with van der Waals surface area (Å²) in [6.45, 7) is 19.1. The molecule has 6 saturated heterocycles. The first kappa shape index (κ1) is 33.6. The van der Waals surface area contributed by atoms with Gasteiger partial charge in [0.25, 0.3) is 7.37 Å². The van der Waals surface area contributed by atoms with Crippen molar-refractivity contribution in [2.45, 2.75) is 159 Å². The van der Waals surface area contributed by atoms with Crippen molar-refractivity contribution in [3.05, 3.63) is 0 Å². The van der Waals surface area contributed by atoms with E-state index in [0.717, 1.165) is 0 Å². The maximum Gasteiger partial charge on any atom is 0.288 e. The normalized spacial score (nSPS) is 46.9. The fourth-order valence-electron chi connectivity index (χ4n) is 6.85. The molecule has 0 aliphatic carbocycles. The first-order valence-electron chi connectivity index (χ1n) is 15.6. The minimum absolute atomic E-state index is 0.210. The van der Waals surface area contributed by atoms with Crippen molar-refractivity contribution in [1.29, 1.82) is 0 Å². The van der Waals surface area contributed by atoms with E-state index in [-0.39, 0.29) is 19.8 Å². The van der Waals surface area contributed by atoms with Crippen molar-refractivity contribution >= 4 is 7.37 Å². The molecule has 6 aliphatic rings. The van der Waals surface area contributed by atoms with Gasteiger partial charge in [0.2, 0.25) is 6.03 Å². The Morgan fingerprint density at radius 2 is 1.11 bits per heavy atom. The van der Waals surface area contributed by atoms with Crippen LogP contribution in [0.4, 0.5) is 0 Å². The number of rotatable bonds is 9. The van der Waals surface area contributed by atoms with Crippen LogP contribution < -0.4 is 0 Å². The van der Waals surface area contributed by atoms with Gasteiger partial charge in [0.1, 0.15) is 48.8 Å². The quantitative estimate of drug-likeness (QED) is 0.266. The summed E-state index contributed by atoms with van der Waals surface area (Å²) in [5.41, 5.74) is 0. The zero-order chi connectivity index (χ0) is 31.9. The summed E-state index contributed by atoms with van der Waals surface area (Å²) in [6.07, 6.45) is -6.29. The summed E-state index contributed by atoms with van der Waals surface area (Å²) in [4.78, 5) is 0. The van der Waals surface area contributed by atoms with Crippen LogP contribution in [0.25, 0.3) is 0 Å². The Kier molecular flexibility index (Phi) is 8.93. The Bertz CT molecular complexity index is 1090. The molecule has 0 N–H and O–H groups in total. The third kappa shape index (κ3) is 6.30. The molecule has 0 aromatic carbocycles. The van der Waals surface area contributed by atoms with E-state index in [1.807, 2.05) is 41.5 Å². The van der Waals surface area contributed by atoms with Crippen LogP contribution in [-0.2, 0) is 65.9 Å². The number of hydrogen-bond donors (Lipinski definition) is 0. The molecule has 15 heteroatoms. The lowest BCUT2D eigenvalue weighted by molar-refractivity contribution is -0.262. The Balaban J connectivity index is 1.35. The topological polar surface area (TPSA) is 137 Å². The second kappa shape index (κ2) is 11.7. The number of hydrogen-bond acceptors (Lipinski definition) is 14. The lowest BCUT2D eigenvalue weighted by Crippen LogP contribution is -2.57. The summed E-state index contributed by atoms with van der Waals surface area (Å²) in [5, 5.41) is 0. The third-order valence-electron chi connectivity index (χ3n) is 8.44. The number of ether oxygens (including phenoxy) is 12. The molecule has 6 fully saturated rings. The first-order valence-corrected chi connectivity index (χ1v) is 17.4. The van der Waals surface area contributed by atoms with Crippen molar-refractivity contribution in [3.8, 4) is 0 Å². The molecular formula is C29H49O14P. The van der Waals surface area contributed by atoms with Gasteiger partial charge in [-0.1, -0.05) is 0 Å². The minimum atomic E-state index is -4.07. The van der Waals surface area contributed by atoms with E-state index in [1.54, 1.807) is 27.7 Å². The second-order valence-corrected chi connectivity index (χ2v) is 16.2. The predicted octanol–water partition coefficient (Wildman–Crippen LogP) is 3.43. The van der Waals surface area contributed by atoms with Crippen LogP contribution in [0, 0.1) is 0 Å². The number of fused-ring (bicyclic) bond motifs is 2. The molecular weight excluding hydrogens is 603 g/mol. The molecule has 14 nitrogen and oxygen atoms in total. The fraction of sp³-hybridized carbons (Fsp3) is 1.00. The van der Waals surface area contributed by atoms with Crippen LogP contribution in [0.3, 0.4) is 0 Å². The Hall–Kier alpha value is -0.290. The van der Waals surface area contributed by atoms with Crippen LogP contribution in [0.5, 0.6) is 0 Å². The summed E-state index contributed by atoms with van der Waals surface area (Å²) < 4.78 is 96.4. The van der Waals surface area contributed by atoms with Crippen LogP contribution >= 0.6 is 7.37 Å². The molecule has 44 heavy (non-hydrogen) atoms. The summed E-state index contributed by atoms with van der Waals surface area (Å²) in [5.74, 6) is -4.83. The highest BCUT2D eigenvalue weighted by Gasteiger charge is 2.68. The highest BCUT2D eigenvalue weighted by atomic mass is 31.2. The van der Waals surface area contributed by atoms with Gasteiger partial charge < -0.3 is 61.4 Å². The lowest BCUT2D eigenvalue weighted by atomic mass is 10.0. The molecule has 0 saturated carbocycles. The zero-order valence-corrected chi connectivity index (χ0v) is 28.2. The molecule has 11 atom stereocenters. The minimum Gasteiger partial charge on any atom is -0.348 e. The van der Waals surface area contributed by atoms with Crippen molar-refractivity contribution in [1.82, 2.24) is 0 Å². The monoisotopic (exact) mass is 652 g/mol. The van der Waals surface area contributed by atoms with E-state index in [2.05, 4.69) is 0 Å². The van der Waals surface area contributed by atoms with Gasteiger partial charge in [0.05, 0.1) is 13.2 Å². The van der Waals surface area contributed by atoms with Crippen molar-refractivity contribution < 1.29 is 65.9 Å². The lowest BCUT2D eigenvalue weighted by Gasteiger charge is -2.45. The Morgan fingerprint density at radius 1 is 0.636 bits per heavy atom. The van der Waals surface area contributed by atoms with E-state index < -0.39 is 97.5 Å². The van der Waals surface area contributed by atoms with Gasteiger partial charge in [-0.25, -0.2) is 0 Å². The molecule has 0 aromatic rings. The first-order chi connectivity index (χ1) is 20.5. The molecule has 0 spiro atoms. The molecule has 254 valence electrons. The molecule has 0 radical (unpaired) electrons. The highest BCUT2D eigenvalue weighted by Crippen LogP contribution is 2.66. The second-order valence-electron chi connectivity index (χ2n) is 13.8. The van der Waals surface area contributed by atoms with Crippen LogP contribution in [0.1, 0.15) is 69.2 Å². The van der Waals surface area contributed by atoms with Crippen LogP contribution in [0.15, 0.2) is 0 Å². The van der Waals surface area contributed by atoms with Crippen molar-refractivity contribution in [2.75, 3.05) is 26.4 Å². The summed E-state index contributed by atoms with van der Waals surface area (Å²) >= 11 is 0. The summed E-state index contributed by atoms with van der Waals surface area (Å²) in [7, 11) is -4.07. The van der Waals surface area contributed by atoms with Crippen LogP contribution in [0.2, 0.25) is 0 Å². The smallest absolute Gasteiger partial charge is 0.288 e. The van der Waals surface area contributed by atoms with E-state index in [4.69, 9.17) is 61.4 Å². The van der Waals surface area contributed by atoms with E-state index in [1.165, 1.54) is 0 Å². The summed E-state index contributed by atoms with van der Waals surface area (Å²) in [6, 6.07) is -1.26. The standard InChI is InChI=1S/C29H49O14P/c1-11-31-25(32-12-2)44(30)24(22-20(40-29(9,10)42-22)18(43-44)16-14-34-27(5,6)38-16)36-23-21-19(39-28(7,8)41-21)17(35-23)15-13-33-26(3,4)37-15/h15-25H,11-14H2,1-10H3/t15-,16+,17-,18+,19+,20-,21+,22-,23+,24+,44?/m0/s1. The SMILES string of the molecule is CCOC(OCC)P1(=O)O[C@H]([C@H]2COC(C)(C)O2)[C@@H]2OC(C)(C)O[C@@H]2[C@@H]1O[C@H]1O[C@@H]([C@@H]2COC(C)(C)O2)[C@H]2OC(C)(C)O[C@@H]12. The molecule has 0 bridgehead atoms. The van der Waals surface area contributed by atoms with Gasteiger partial charge in [-0.2, -0.15) is 0 Å². The van der Waals surface area contributed by atoms with Gasteiger partial charge in [-0.05, 0) is 69.2 Å². The largest absolute Gasteiger partial charge is 0.348 e. The highest BCUT2D eigenvalue weighted by molar-refractivity contribution is 7.60. The van der Waals surface area contributed by atoms with Crippen molar-refractivity contribution in [3.63, 3.8) is 0 Å². The third-order valence-corrected chi connectivity index (χ3v) is 11.0. The molecule has 6 heterocycles. The Labute approximate surface area is 259 Å². The maximum atomic E-state index is 15.4. The van der Waals surface area contributed by atoms with Gasteiger partial charge in [-0.15, -0.1) is 0 Å². The van der Waals surface area contributed by atoms with Gasteiger partial charge >= 0.3 is 0 Å².